The van der Waals surface area contributed by atoms with Gasteiger partial charge in [-0.1, -0.05) is 43.3 Å². The summed E-state index contributed by atoms with van der Waals surface area (Å²) in [6.45, 7) is 6.65. The van der Waals surface area contributed by atoms with Crippen LogP contribution in [0.4, 0.5) is 4.79 Å². The van der Waals surface area contributed by atoms with Crippen molar-refractivity contribution < 1.29 is 19.4 Å². The van der Waals surface area contributed by atoms with E-state index in [4.69, 9.17) is 9.47 Å². The summed E-state index contributed by atoms with van der Waals surface area (Å²) in [5.41, 5.74) is 0.771. The highest BCUT2D eigenvalue weighted by Gasteiger charge is 2.43. The molecular weight excluding hydrogens is 466 g/mol. The maximum atomic E-state index is 13.0. The molecule has 1 heterocycles. The van der Waals surface area contributed by atoms with Gasteiger partial charge in [-0.25, -0.2) is 4.79 Å². The Morgan fingerprint density at radius 3 is 2.62 bits per heavy atom. The van der Waals surface area contributed by atoms with Crippen molar-refractivity contribution >= 4 is 6.03 Å². The number of para-hydroxylation sites is 2. The number of aryl methyl sites for hydroxylation is 1. The van der Waals surface area contributed by atoms with Crippen LogP contribution in [0.15, 0.2) is 48.5 Å². The van der Waals surface area contributed by atoms with Gasteiger partial charge in [-0.05, 0) is 70.2 Å². The number of piperidine rings is 1. The highest BCUT2D eigenvalue weighted by Crippen LogP contribution is 2.44. The van der Waals surface area contributed by atoms with E-state index in [1.54, 1.807) is 7.11 Å². The molecule has 3 N–H and O–H groups in total. The third-order valence-corrected chi connectivity index (χ3v) is 7.35. The molecule has 0 spiro atoms. The monoisotopic (exact) mass is 511 g/mol. The summed E-state index contributed by atoms with van der Waals surface area (Å²) < 4.78 is 11.7. The average molecular weight is 512 g/mol. The molecular formula is C30H45N3O4. The molecule has 2 amide bonds. The minimum absolute atomic E-state index is 0.0264. The second kappa shape index (κ2) is 14.4. The summed E-state index contributed by atoms with van der Waals surface area (Å²) in [6.07, 6.45) is 4.79. The lowest BCUT2D eigenvalue weighted by Gasteiger charge is -2.43. The number of urea groups is 1. The number of unbranched alkanes of at least 4 members (excludes halogenated alkanes) is 1. The van der Waals surface area contributed by atoms with Crippen molar-refractivity contribution in [3.63, 3.8) is 0 Å². The van der Waals surface area contributed by atoms with Crippen LogP contribution >= 0.6 is 0 Å². The van der Waals surface area contributed by atoms with Crippen molar-refractivity contribution in [3.8, 4) is 11.5 Å². The maximum Gasteiger partial charge on any atom is 0.317 e. The maximum absolute atomic E-state index is 13.0. The van der Waals surface area contributed by atoms with Crippen LogP contribution in [-0.4, -0.2) is 62.5 Å². The lowest BCUT2D eigenvalue weighted by atomic mass is 9.73. The van der Waals surface area contributed by atoms with E-state index in [0.717, 1.165) is 49.0 Å². The fourth-order valence-corrected chi connectivity index (χ4v) is 5.34. The normalized spacial score (nSPS) is 18.2. The first-order valence-corrected chi connectivity index (χ1v) is 13.7. The minimum Gasteiger partial charge on any atom is -0.457 e. The molecule has 2 aromatic carbocycles. The van der Waals surface area contributed by atoms with Gasteiger partial charge in [0, 0.05) is 50.9 Å². The molecule has 1 aliphatic rings. The number of rotatable bonds is 13. The van der Waals surface area contributed by atoms with E-state index in [2.05, 4.69) is 23.6 Å². The fraction of sp³-hybridized carbons (Fsp3) is 0.567. The number of amides is 2. The number of nitrogens with one attached hydrogen (secondary N) is 2. The Balaban J connectivity index is 1.90. The third kappa shape index (κ3) is 7.69. The Kier molecular flexibility index (Phi) is 11.2. The molecule has 7 nitrogen and oxygen atoms in total. The summed E-state index contributed by atoms with van der Waals surface area (Å²) in [5, 5.41) is 18.6. The zero-order chi connectivity index (χ0) is 26.7. The smallest absolute Gasteiger partial charge is 0.317 e. The number of methoxy groups -OCH3 is 1. The van der Waals surface area contributed by atoms with E-state index in [9.17, 15) is 9.90 Å². The number of carbonyl (C=O) groups excluding carboxylic acids is 1. The van der Waals surface area contributed by atoms with Gasteiger partial charge in [0.1, 0.15) is 11.5 Å². The lowest BCUT2D eigenvalue weighted by Crippen LogP contribution is -2.53. The van der Waals surface area contributed by atoms with Gasteiger partial charge in [0.2, 0.25) is 0 Å². The predicted molar refractivity (Wildman–Crippen MR) is 148 cm³/mol. The largest absolute Gasteiger partial charge is 0.457 e. The molecule has 2 aromatic rings. The minimum atomic E-state index is -1.14. The van der Waals surface area contributed by atoms with Crippen LogP contribution in [0.25, 0.3) is 0 Å². The van der Waals surface area contributed by atoms with Gasteiger partial charge < -0.3 is 30.1 Å². The van der Waals surface area contributed by atoms with E-state index < -0.39 is 5.60 Å². The van der Waals surface area contributed by atoms with Crippen molar-refractivity contribution in [3.05, 3.63) is 59.7 Å². The Hall–Kier alpha value is -2.61. The van der Waals surface area contributed by atoms with E-state index in [1.807, 2.05) is 61.3 Å². The second-order valence-corrected chi connectivity index (χ2v) is 10.1. The summed E-state index contributed by atoms with van der Waals surface area (Å²) >= 11 is 0. The summed E-state index contributed by atoms with van der Waals surface area (Å²) in [5.74, 6) is 1.37. The SMILES string of the molecule is CCc1ccccc1Oc1ccccc1[C@](O)(CCCCOC)[C@@H]1CCCN(C(=O)N[C@@H](C)CNC)C1. The van der Waals surface area contributed by atoms with Gasteiger partial charge in [0.15, 0.2) is 0 Å². The molecule has 1 fully saturated rings. The number of hydrogen-bond acceptors (Lipinski definition) is 5. The van der Waals surface area contributed by atoms with Gasteiger partial charge in [-0.15, -0.1) is 0 Å². The molecule has 0 aromatic heterocycles. The van der Waals surface area contributed by atoms with Gasteiger partial charge in [0.05, 0.1) is 5.60 Å². The van der Waals surface area contributed by atoms with Crippen LogP contribution < -0.4 is 15.4 Å². The topological polar surface area (TPSA) is 83.1 Å². The lowest BCUT2D eigenvalue weighted by molar-refractivity contribution is -0.0574. The highest BCUT2D eigenvalue weighted by atomic mass is 16.5. The van der Waals surface area contributed by atoms with E-state index >= 15 is 0 Å². The molecule has 0 bridgehead atoms. The van der Waals surface area contributed by atoms with Crippen LogP contribution in [0.2, 0.25) is 0 Å². The van der Waals surface area contributed by atoms with Crippen LogP contribution in [-0.2, 0) is 16.8 Å². The number of nitrogens with zero attached hydrogens (tertiary/aromatic N) is 1. The molecule has 0 saturated carbocycles. The van der Waals surface area contributed by atoms with Crippen LogP contribution in [0.3, 0.4) is 0 Å². The van der Waals surface area contributed by atoms with Crippen molar-refractivity contribution in [1.82, 2.24) is 15.5 Å². The molecule has 1 aliphatic heterocycles. The van der Waals surface area contributed by atoms with Crippen molar-refractivity contribution in [2.24, 2.45) is 5.92 Å². The summed E-state index contributed by atoms with van der Waals surface area (Å²) in [7, 11) is 3.58. The van der Waals surface area contributed by atoms with Gasteiger partial charge in [0.25, 0.3) is 0 Å². The number of likely N-dealkylation sites (N-methyl/N-ethyl adjacent to an activating group) is 1. The molecule has 7 heteroatoms. The standard InChI is InChI=1S/C30H45N3O4/c1-5-24-13-6-8-16-27(24)37-28-17-9-7-15-26(28)30(35,18-10-11-20-36-4)25-14-12-19-33(22-25)29(34)32-23(2)21-31-3/h6-9,13,15-17,23,25,31,35H,5,10-12,14,18-22H2,1-4H3,(H,32,34)/t23-,25+,30-/m0/s1. The third-order valence-electron chi connectivity index (χ3n) is 7.35. The quantitative estimate of drug-likeness (QED) is 0.327. The molecule has 0 aliphatic carbocycles. The Labute approximate surface area is 222 Å². The van der Waals surface area contributed by atoms with Crippen LogP contribution in [0, 0.1) is 5.92 Å². The van der Waals surface area contributed by atoms with Gasteiger partial charge in [-0.2, -0.15) is 0 Å². The molecule has 3 rings (SSSR count). The number of carbonyl (C=O) groups is 1. The fourth-order valence-electron chi connectivity index (χ4n) is 5.34. The highest BCUT2D eigenvalue weighted by molar-refractivity contribution is 5.74. The molecule has 0 radical (unpaired) electrons. The summed E-state index contributed by atoms with van der Waals surface area (Å²) in [6, 6.07) is 15.8. The number of benzene rings is 2. The zero-order valence-electron chi connectivity index (χ0n) is 23.0. The Morgan fingerprint density at radius 2 is 1.89 bits per heavy atom. The van der Waals surface area contributed by atoms with Crippen molar-refractivity contribution in [2.75, 3.05) is 40.4 Å². The number of hydrogen-bond donors (Lipinski definition) is 3. The second-order valence-electron chi connectivity index (χ2n) is 10.1. The van der Waals surface area contributed by atoms with Crippen molar-refractivity contribution in [2.45, 2.75) is 64.0 Å². The zero-order valence-corrected chi connectivity index (χ0v) is 23.0. The molecule has 204 valence electrons. The molecule has 3 atom stereocenters. The number of likely N-dealkylation sites (tertiary alicyclic amines) is 1. The summed E-state index contributed by atoms with van der Waals surface area (Å²) in [4.78, 5) is 14.9. The van der Waals surface area contributed by atoms with Crippen LogP contribution in [0.1, 0.15) is 57.1 Å². The Bertz CT molecular complexity index is 985. The Morgan fingerprint density at radius 1 is 1.16 bits per heavy atom. The first-order chi connectivity index (χ1) is 17.9. The van der Waals surface area contributed by atoms with Gasteiger partial charge >= 0.3 is 6.03 Å². The van der Waals surface area contributed by atoms with E-state index in [-0.39, 0.29) is 18.0 Å². The predicted octanol–water partition coefficient (Wildman–Crippen LogP) is 5.08. The first-order valence-electron chi connectivity index (χ1n) is 13.7. The van der Waals surface area contributed by atoms with Crippen molar-refractivity contribution in [1.29, 1.82) is 0 Å². The molecule has 1 saturated heterocycles. The molecule has 0 unspecified atom stereocenters. The van der Waals surface area contributed by atoms with Crippen LogP contribution in [0.5, 0.6) is 11.5 Å². The number of aliphatic hydroxyl groups is 1. The molecule has 37 heavy (non-hydrogen) atoms. The van der Waals surface area contributed by atoms with E-state index in [1.165, 1.54) is 0 Å². The number of ether oxygens (including phenoxy) is 2. The van der Waals surface area contributed by atoms with Gasteiger partial charge in [-0.3, -0.25) is 0 Å². The average Bonchev–Trinajstić information content (AvgIpc) is 2.92. The van der Waals surface area contributed by atoms with E-state index in [0.29, 0.717) is 38.4 Å². The first kappa shape index (κ1) is 29.0.